The van der Waals surface area contributed by atoms with Crippen LogP contribution in [0.1, 0.15) is 5.69 Å². The monoisotopic (exact) mass is 347 g/mol. The van der Waals surface area contributed by atoms with Gasteiger partial charge in [-0.15, -0.1) is 0 Å². The lowest BCUT2D eigenvalue weighted by Crippen LogP contribution is -2.07. The number of hydrogen-bond donors (Lipinski definition) is 0. The van der Waals surface area contributed by atoms with Crippen LogP contribution in [0.5, 0.6) is 17.2 Å². The van der Waals surface area contributed by atoms with Crippen molar-refractivity contribution in [3.8, 4) is 17.2 Å². The van der Waals surface area contributed by atoms with Gasteiger partial charge in [0.2, 0.25) is 0 Å². The maximum Gasteiger partial charge on any atom is 0.433 e. The average Bonchev–Trinajstić information content (AvgIpc) is 2.37. The molecule has 0 fully saturated rings. The highest BCUT2D eigenvalue weighted by Crippen LogP contribution is 2.31. The van der Waals surface area contributed by atoms with E-state index in [0.717, 1.165) is 16.7 Å². The highest BCUT2D eigenvalue weighted by molar-refractivity contribution is 9.10. The molecule has 20 heavy (non-hydrogen) atoms. The summed E-state index contributed by atoms with van der Waals surface area (Å²) in [6, 6.07) is 7.09. The minimum Gasteiger partial charge on any atom is -0.497 e. The van der Waals surface area contributed by atoms with E-state index in [2.05, 4.69) is 20.9 Å². The van der Waals surface area contributed by atoms with Crippen LogP contribution in [-0.4, -0.2) is 12.1 Å². The zero-order valence-electron chi connectivity index (χ0n) is 10.2. The van der Waals surface area contributed by atoms with E-state index in [9.17, 15) is 13.2 Å². The minimum absolute atomic E-state index is 0.207. The van der Waals surface area contributed by atoms with Crippen LogP contribution in [0.3, 0.4) is 0 Å². The van der Waals surface area contributed by atoms with Gasteiger partial charge in [0.25, 0.3) is 0 Å². The van der Waals surface area contributed by atoms with Gasteiger partial charge >= 0.3 is 6.18 Å². The molecule has 1 aromatic heterocycles. The molecule has 0 aliphatic heterocycles. The summed E-state index contributed by atoms with van der Waals surface area (Å²) in [6.45, 7) is 0. The number of alkyl halides is 3. The summed E-state index contributed by atoms with van der Waals surface area (Å²) in [4.78, 5) is 3.32. The molecule has 3 nitrogen and oxygen atoms in total. The number of benzene rings is 1. The van der Waals surface area contributed by atoms with Gasteiger partial charge in [-0.1, -0.05) is 15.9 Å². The van der Waals surface area contributed by atoms with Crippen LogP contribution >= 0.6 is 15.9 Å². The first-order valence-corrected chi connectivity index (χ1v) is 6.23. The molecule has 0 unspecified atom stereocenters. The predicted octanol–water partition coefficient (Wildman–Crippen LogP) is 4.66. The van der Waals surface area contributed by atoms with Gasteiger partial charge in [0.05, 0.1) is 13.3 Å². The summed E-state index contributed by atoms with van der Waals surface area (Å²) in [5.41, 5.74) is -0.961. The second kappa shape index (κ2) is 5.70. The quantitative estimate of drug-likeness (QED) is 0.808. The van der Waals surface area contributed by atoms with E-state index in [1.807, 2.05) is 0 Å². The van der Waals surface area contributed by atoms with Crippen LogP contribution in [0.15, 0.2) is 41.0 Å². The molecule has 0 saturated carbocycles. The molecular formula is C13H9BrF3NO2. The molecule has 0 spiro atoms. The first kappa shape index (κ1) is 14.6. The van der Waals surface area contributed by atoms with Gasteiger partial charge in [0, 0.05) is 10.5 Å². The Morgan fingerprint density at radius 3 is 2.30 bits per heavy atom. The summed E-state index contributed by atoms with van der Waals surface area (Å²) in [6.07, 6.45) is -3.44. The maximum atomic E-state index is 12.4. The molecule has 106 valence electrons. The van der Waals surface area contributed by atoms with E-state index >= 15 is 0 Å². The highest BCUT2D eigenvalue weighted by atomic mass is 79.9. The molecule has 0 saturated heterocycles. The van der Waals surface area contributed by atoms with Crippen molar-refractivity contribution in [3.05, 3.63) is 46.7 Å². The second-order valence-corrected chi connectivity index (χ2v) is 4.72. The Labute approximate surface area is 121 Å². The first-order chi connectivity index (χ1) is 9.38. The number of rotatable bonds is 3. The lowest BCUT2D eigenvalue weighted by Gasteiger charge is -2.09. The van der Waals surface area contributed by atoms with Gasteiger partial charge in [-0.05, 0) is 24.3 Å². The number of nitrogens with zero attached hydrogens (tertiary/aromatic N) is 1. The van der Waals surface area contributed by atoms with Crippen molar-refractivity contribution in [1.82, 2.24) is 4.98 Å². The summed E-state index contributed by atoms with van der Waals surface area (Å²) in [7, 11) is 1.51. The smallest absolute Gasteiger partial charge is 0.433 e. The molecule has 0 radical (unpaired) electrons. The van der Waals surface area contributed by atoms with Crippen molar-refractivity contribution in [1.29, 1.82) is 0 Å². The summed E-state index contributed by atoms with van der Waals surface area (Å²) < 4.78 is 48.3. The second-order valence-electron chi connectivity index (χ2n) is 3.81. The molecule has 2 rings (SSSR count). The molecular weight excluding hydrogens is 339 g/mol. The number of aromatic nitrogens is 1. The van der Waals surface area contributed by atoms with Crippen molar-refractivity contribution in [2.45, 2.75) is 6.18 Å². The van der Waals surface area contributed by atoms with Crippen molar-refractivity contribution < 1.29 is 22.6 Å². The first-order valence-electron chi connectivity index (χ1n) is 5.44. The Morgan fingerprint density at radius 2 is 1.75 bits per heavy atom. The molecule has 7 heteroatoms. The summed E-state index contributed by atoms with van der Waals surface area (Å²) in [5.74, 6) is 1.20. The molecule has 0 atom stereocenters. The van der Waals surface area contributed by atoms with Gasteiger partial charge in [-0.3, -0.25) is 0 Å². The number of ether oxygens (including phenoxy) is 2. The van der Waals surface area contributed by atoms with Crippen LogP contribution < -0.4 is 9.47 Å². The highest BCUT2D eigenvalue weighted by Gasteiger charge is 2.32. The van der Waals surface area contributed by atoms with E-state index in [-0.39, 0.29) is 5.75 Å². The zero-order chi connectivity index (χ0) is 14.8. The predicted molar refractivity (Wildman–Crippen MR) is 70.0 cm³/mol. The van der Waals surface area contributed by atoms with E-state index < -0.39 is 11.9 Å². The Hall–Kier alpha value is -1.76. The van der Waals surface area contributed by atoms with Crippen LogP contribution in [0.2, 0.25) is 0 Å². The van der Waals surface area contributed by atoms with E-state index in [4.69, 9.17) is 9.47 Å². The van der Waals surface area contributed by atoms with Gasteiger partial charge in [0.1, 0.15) is 22.9 Å². The fourth-order valence-corrected chi connectivity index (χ4v) is 1.91. The third-order valence-electron chi connectivity index (χ3n) is 2.34. The zero-order valence-corrected chi connectivity index (χ0v) is 11.8. The van der Waals surface area contributed by atoms with Gasteiger partial charge < -0.3 is 9.47 Å². The van der Waals surface area contributed by atoms with Crippen molar-refractivity contribution in [2.24, 2.45) is 0 Å². The SMILES string of the molecule is COc1cc(Br)cc(Oc2ccc(C(F)(F)F)nc2)c1. The average molecular weight is 348 g/mol. The molecule has 0 aliphatic rings. The van der Waals surface area contributed by atoms with Crippen LogP contribution in [-0.2, 0) is 6.18 Å². The number of halogens is 4. The topological polar surface area (TPSA) is 31.4 Å². The number of pyridine rings is 1. The van der Waals surface area contributed by atoms with E-state index in [1.165, 1.54) is 13.2 Å². The van der Waals surface area contributed by atoms with Crippen LogP contribution in [0.4, 0.5) is 13.2 Å². The molecule has 1 aromatic carbocycles. The normalized spacial score (nSPS) is 11.2. The third-order valence-corrected chi connectivity index (χ3v) is 2.80. The molecule has 0 N–H and O–H groups in total. The lowest BCUT2D eigenvalue weighted by molar-refractivity contribution is -0.141. The number of hydrogen-bond acceptors (Lipinski definition) is 3. The van der Waals surface area contributed by atoms with Gasteiger partial charge in [-0.25, -0.2) is 4.98 Å². The summed E-state index contributed by atoms with van der Waals surface area (Å²) in [5, 5.41) is 0. The molecule has 0 aliphatic carbocycles. The van der Waals surface area contributed by atoms with Crippen LogP contribution in [0, 0.1) is 0 Å². The van der Waals surface area contributed by atoms with E-state index in [0.29, 0.717) is 11.5 Å². The Morgan fingerprint density at radius 1 is 1.05 bits per heavy atom. The fourth-order valence-electron chi connectivity index (χ4n) is 1.46. The lowest BCUT2D eigenvalue weighted by atomic mass is 10.3. The maximum absolute atomic E-state index is 12.4. The van der Waals surface area contributed by atoms with E-state index in [1.54, 1.807) is 18.2 Å². The van der Waals surface area contributed by atoms with Crippen molar-refractivity contribution in [3.63, 3.8) is 0 Å². The van der Waals surface area contributed by atoms with Crippen molar-refractivity contribution >= 4 is 15.9 Å². The Bertz CT molecular complexity index is 600. The largest absolute Gasteiger partial charge is 0.497 e. The molecule has 1 heterocycles. The molecule has 0 amide bonds. The third kappa shape index (κ3) is 3.63. The fraction of sp³-hybridized carbons (Fsp3) is 0.154. The number of methoxy groups -OCH3 is 1. The van der Waals surface area contributed by atoms with Gasteiger partial charge in [0.15, 0.2) is 0 Å². The molecule has 2 aromatic rings. The van der Waals surface area contributed by atoms with Crippen LogP contribution in [0.25, 0.3) is 0 Å². The molecule has 0 bridgehead atoms. The summed E-state index contributed by atoms with van der Waals surface area (Å²) >= 11 is 3.28. The Balaban J connectivity index is 2.20. The standard InChI is InChI=1S/C13H9BrF3NO2/c1-19-10-4-8(14)5-11(6-10)20-9-2-3-12(18-7-9)13(15,16)17/h2-7H,1H3. The van der Waals surface area contributed by atoms with Gasteiger partial charge in [-0.2, -0.15) is 13.2 Å². The Kier molecular flexibility index (Phi) is 4.17. The van der Waals surface area contributed by atoms with Crippen molar-refractivity contribution in [2.75, 3.05) is 7.11 Å². The minimum atomic E-state index is -4.46.